The molecule has 33 heavy (non-hydrogen) atoms. The monoisotopic (exact) mass is 472 g/mol. The number of halogens is 3. The van der Waals surface area contributed by atoms with Crippen LogP contribution in [0.3, 0.4) is 0 Å². The van der Waals surface area contributed by atoms with Gasteiger partial charge in [-0.2, -0.15) is 23.2 Å². The number of sulfonamides is 1. The number of nitrogens with zero attached hydrogens (tertiary/aromatic N) is 3. The Morgan fingerprint density at radius 2 is 1.91 bits per heavy atom. The predicted octanol–water partition coefficient (Wildman–Crippen LogP) is 4.78. The van der Waals surface area contributed by atoms with Gasteiger partial charge >= 0.3 is 6.18 Å². The summed E-state index contributed by atoms with van der Waals surface area (Å²) in [5.74, 6) is 0. The molecule has 6 nitrogen and oxygen atoms in total. The molecule has 1 aromatic carbocycles. The molecule has 0 saturated carbocycles. The van der Waals surface area contributed by atoms with Gasteiger partial charge in [0.1, 0.15) is 12.1 Å². The normalized spacial score (nSPS) is 14.6. The van der Waals surface area contributed by atoms with Crippen molar-refractivity contribution >= 4 is 26.6 Å². The van der Waals surface area contributed by atoms with Crippen molar-refractivity contribution in [2.24, 2.45) is 0 Å². The van der Waals surface area contributed by atoms with E-state index in [2.05, 4.69) is 11.1 Å². The highest BCUT2D eigenvalue weighted by Crippen LogP contribution is 2.38. The number of aryl methyl sites for hydroxylation is 1. The summed E-state index contributed by atoms with van der Waals surface area (Å²) in [6.45, 7) is 2.70. The summed E-state index contributed by atoms with van der Waals surface area (Å²) in [5, 5.41) is 10.7. The van der Waals surface area contributed by atoms with Gasteiger partial charge in [0.25, 0.3) is 0 Å². The molecule has 0 radical (unpaired) electrons. The minimum Gasteiger partial charge on any atom is -0.306 e. The van der Waals surface area contributed by atoms with E-state index in [1.165, 1.54) is 24.3 Å². The topological polar surface area (TPSA) is 87.8 Å². The highest BCUT2D eigenvalue weighted by molar-refractivity contribution is 7.89. The second-order valence-corrected chi connectivity index (χ2v) is 9.29. The van der Waals surface area contributed by atoms with Crippen LogP contribution < -0.4 is 4.72 Å². The lowest BCUT2D eigenvalue weighted by Gasteiger charge is -2.18. The van der Waals surface area contributed by atoms with Crippen LogP contribution in [0.2, 0.25) is 0 Å². The van der Waals surface area contributed by atoms with Gasteiger partial charge in [-0.1, -0.05) is 25.1 Å². The van der Waals surface area contributed by atoms with Crippen LogP contribution in [0.4, 0.5) is 13.2 Å². The largest absolute Gasteiger partial charge is 0.404 e. The molecule has 1 aliphatic carbocycles. The van der Waals surface area contributed by atoms with Gasteiger partial charge in [-0.05, 0) is 49.3 Å². The molecule has 1 atom stereocenters. The zero-order chi connectivity index (χ0) is 24.0. The maximum atomic E-state index is 12.8. The molecule has 2 aromatic heterocycles. The van der Waals surface area contributed by atoms with Gasteiger partial charge in [-0.15, -0.1) is 0 Å². The number of pyridine rings is 1. The Morgan fingerprint density at radius 1 is 1.24 bits per heavy atom. The second-order valence-electron chi connectivity index (χ2n) is 7.58. The SMILES string of the molecule is CCc1cc2c(C#N)c(-c3ccc(S(=O)(=O)NC(C)C(F)(F)F)cc3)n(C3=CC=C3)c2cn1. The molecule has 3 aromatic rings. The lowest BCUT2D eigenvalue weighted by Crippen LogP contribution is -2.42. The second kappa shape index (κ2) is 8.17. The number of rotatable bonds is 6. The number of aromatic nitrogens is 2. The van der Waals surface area contributed by atoms with Gasteiger partial charge in [0.2, 0.25) is 10.0 Å². The Bertz CT molecular complexity index is 1440. The number of nitrogens with one attached hydrogen (secondary N) is 1. The number of fused-ring (bicyclic) bond motifs is 1. The molecule has 0 amide bonds. The minimum atomic E-state index is -4.70. The summed E-state index contributed by atoms with van der Waals surface area (Å²) in [5.41, 5.74) is 3.89. The van der Waals surface area contributed by atoms with Crippen molar-refractivity contribution < 1.29 is 21.6 Å². The van der Waals surface area contributed by atoms with Gasteiger partial charge < -0.3 is 4.57 Å². The van der Waals surface area contributed by atoms with Crippen LogP contribution in [0.15, 0.2) is 59.7 Å². The van der Waals surface area contributed by atoms with Gasteiger partial charge in [-0.25, -0.2) is 8.42 Å². The summed E-state index contributed by atoms with van der Waals surface area (Å²) in [6.07, 6.45) is 3.30. The van der Waals surface area contributed by atoms with E-state index in [1.807, 2.05) is 35.8 Å². The van der Waals surface area contributed by atoms with E-state index < -0.39 is 22.2 Å². The molecule has 4 rings (SSSR count). The summed E-state index contributed by atoms with van der Waals surface area (Å²) in [4.78, 5) is 4.14. The zero-order valence-corrected chi connectivity index (χ0v) is 18.5. The Kier molecular flexibility index (Phi) is 5.64. The smallest absolute Gasteiger partial charge is 0.306 e. The van der Waals surface area contributed by atoms with E-state index in [1.54, 1.807) is 10.9 Å². The number of alkyl halides is 3. The molecule has 0 aliphatic heterocycles. The van der Waals surface area contributed by atoms with Crippen molar-refractivity contribution in [3.63, 3.8) is 0 Å². The maximum Gasteiger partial charge on any atom is 0.404 e. The van der Waals surface area contributed by atoms with Crippen LogP contribution in [-0.2, 0) is 16.4 Å². The minimum absolute atomic E-state index is 0.304. The average molecular weight is 472 g/mol. The van der Waals surface area contributed by atoms with Crippen LogP contribution >= 0.6 is 0 Å². The van der Waals surface area contributed by atoms with Crippen molar-refractivity contribution in [2.45, 2.75) is 37.4 Å². The highest BCUT2D eigenvalue weighted by Gasteiger charge is 2.38. The Labute approximate surface area is 188 Å². The van der Waals surface area contributed by atoms with Crippen LogP contribution in [-0.4, -0.2) is 30.2 Å². The number of hydrogen-bond donors (Lipinski definition) is 1. The van der Waals surface area contributed by atoms with E-state index in [-0.39, 0.29) is 4.90 Å². The van der Waals surface area contributed by atoms with Gasteiger partial charge in [0.15, 0.2) is 0 Å². The number of allylic oxidation sites excluding steroid dienone is 4. The lowest BCUT2D eigenvalue weighted by atomic mass is 10.1. The van der Waals surface area contributed by atoms with Crippen molar-refractivity contribution in [3.8, 4) is 17.3 Å². The Morgan fingerprint density at radius 3 is 2.42 bits per heavy atom. The van der Waals surface area contributed by atoms with Crippen LogP contribution in [0.5, 0.6) is 0 Å². The van der Waals surface area contributed by atoms with Crippen LogP contribution in [0, 0.1) is 11.3 Å². The van der Waals surface area contributed by atoms with E-state index in [9.17, 15) is 26.9 Å². The first-order valence-corrected chi connectivity index (χ1v) is 11.6. The van der Waals surface area contributed by atoms with Gasteiger partial charge in [0, 0.05) is 16.8 Å². The molecule has 1 unspecified atom stereocenters. The highest BCUT2D eigenvalue weighted by atomic mass is 32.2. The lowest BCUT2D eigenvalue weighted by molar-refractivity contribution is -0.147. The molecule has 10 heteroatoms. The first kappa shape index (κ1) is 22.8. The van der Waals surface area contributed by atoms with Gasteiger partial charge in [0.05, 0.1) is 27.9 Å². The van der Waals surface area contributed by atoms with E-state index in [4.69, 9.17) is 0 Å². The quantitative estimate of drug-likeness (QED) is 0.560. The van der Waals surface area contributed by atoms with Crippen molar-refractivity contribution in [1.29, 1.82) is 5.26 Å². The van der Waals surface area contributed by atoms with E-state index >= 15 is 0 Å². The summed E-state index contributed by atoms with van der Waals surface area (Å²) >= 11 is 0. The fraction of sp³-hybridized carbons (Fsp3) is 0.217. The van der Waals surface area contributed by atoms with Crippen molar-refractivity contribution in [2.75, 3.05) is 0 Å². The fourth-order valence-corrected chi connectivity index (χ4v) is 4.80. The molecule has 0 fully saturated rings. The molecular formula is C23H19F3N4O2S. The predicted molar refractivity (Wildman–Crippen MR) is 119 cm³/mol. The van der Waals surface area contributed by atoms with E-state index in [0.717, 1.165) is 29.2 Å². The average Bonchev–Trinajstić information content (AvgIpc) is 3.04. The van der Waals surface area contributed by atoms with Crippen molar-refractivity contribution in [3.05, 3.63) is 66.0 Å². The standard InChI is InChI=1S/C23H19F3N4O2S/c1-3-16-11-19-20(12-27)22(30(17-5-4-6-17)21(19)13-28-16)15-7-9-18(10-8-15)33(31,32)29-14(2)23(24,25)26/h4-11,13-14,29H,3H2,1-2H3. The molecule has 1 aliphatic rings. The summed E-state index contributed by atoms with van der Waals surface area (Å²) < 4.78 is 66.7. The van der Waals surface area contributed by atoms with Crippen LogP contribution in [0.1, 0.15) is 25.1 Å². The number of benzene rings is 1. The van der Waals surface area contributed by atoms with Crippen molar-refractivity contribution in [1.82, 2.24) is 14.3 Å². The summed E-state index contributed by atoms with van der Waals surface area (Å²) in [7, 11) is -4.39. The van der Waals surface area contributed by atoms with Gasteiger partial charge in [-0.3, -0.25) is 4.98 Å². The third-order valence-electron chi connectivity index (χ3n) is 5.44. The molecule has 170 valence electrons. The number of nitriles is 1. The third kappa shape index (κ3) is 4.05. The fourth-order valence-electron chi connectivity index (χ4n) is 3.57. The number of hydrogen-bond acceptors (Lipinski definition) is 4. The molecule has 0 bridgehead atoms. The Hall–Kier alpha value is -3.42. The molecule has 1 N–H and O–H groups in total. The molecule has 0 saturated heterocycles. The maximum absolute atomic E-state index is 12.8. The third-order valence-corrected chi connectivity index (χ3v) is 6.99. The molecule has 0 spiro atoms. The van der Waals surface area contributed by atoms with E-state index in [0.29, 0.717) is 23.2 Å². The Balaban J connectivity index is 1.82. The first-order chi connectivity index (χ1) is 15.6. The molecular weight excluding hydrogens is 453 g/mol. The zero-order valence-electron chi connectivity index (χ0n) is 17.7. The summed E-state index contributed by atoms with van der Waals surface area (Å²) in [6, 6.07) is 7.29. The van der Waals surface area contributed by atoms with Crippen LogP contribution in [0.25, 0.3) is 27.9 Å². The first-order valence-electron chi connectivity index (χ1n) is 10.1. The molecule has 2 heterocycles.